The molecule has 9 unspecified atom stereocenters. The van der Waals surface area contributed by atoms with Gasteiger partial charge in [-0.1, -0.05) is 123 Å². The van der Waals surface area contributed by atoms with Crippen LogP contribution in [0.15, 0.2) is 60.7 Å². The van der Waals surface area contributed by atoms with Gasteiger partial charge in [0, 0.05) is 29.6 Å². The zero-order chi connectivity index (χ0) is 42.3. The Bertz CT molecular complexity index is 1330. The highest BCUT2D eigenvalue weighted by molar-refractivity contribution is 5.14. The van der Waals surface area contributed by atoms with Crippen LogP contribution >= 0.6 is 0 Å². The van der Waals surface area contributed by atoms with E-state index < -0.39 is 6.10 Å². The normalized spacial score (nSPS) is 43.3. The van der Waals surface area contributed by atoms with Gasteiger partial charge in [-0.2, -0.15) is 0 Å². The number of hydrogen-bond acceptors (Lipinski definition) is 9. The fourth-order valence-corrected chi connectivity index (χ4v) is 9.15. The Morgan fingerprint density at radius 1 is 0.414 bits per heavy atom. The Kier molecular flexibility index (Phi) is 17.7. The molecule has 0 bridgehead atoms. The van der Waals surface area contributed by atoms with Crippen molar-refractivity contribution < 1.29 is 43.0 Å². The van der Waals surface area contributed by atoms with Gasteiger partial charge in [-0.05, 0) is 62.5 Å². The van der Waals surface area contributed by atoms with Crippen LogP contribution < -0.4 is 0 Å². The van der Waals surface area contributed by atoms with E-state index in [1.807, 2.05) is 50.2 Å². The second-order valence-electron chi connectivity index (χ2n) is 18.6. The topological polar surface area (TPSA) is 94.1 Å². The zero-order valence-corrected chi connectivity index (χ0v) is 37.9. The molecule has 4 heterocycles. The van der Waals surface area contributed by atoms with Crippen molar-refractivity contribution in [2.24, 2.45) is 53.3 Å². The molecule has 4 aliphatic heterocycles. The Morgan fingerprint density at radius 3 is 1.19 bits per heavy atom. The molecule has 4 aliphatic rings. The second kappa shape index (κ2) is 21.7. The van der Waals surface area contributed by atoms with Crippen LogP contribution in [0.3, 0.4) is 0 Å². The van der Waals surface area contributed by atoms with Crippen molar-refractivity contribution in [3.8, 4) is 0 Å². The number of ether oxygens (including phenoxy) is 8. The van der Waals surface area contributed by atoms with E-state index in [0.717, 1.165) is 5.56 Å². The molecular formula is C49H78O9. The summed E-state index contributed by atoms with van der Waals surface area (Å²) >= 11 is 0. The molecule has 20 atom stereocenters. The van der Waals surface area contributed by atoms with E-state index in [2.05, 4.69) is 100 Å². The quantitative estimate of drug-likeness (QED) is 0.225. The van der Waals surface area contributed by atoms with Crippen molar-refractivity contribution in [1.82, 2.24) is 0 Å². The Hall–Kier alpha value is -1.92. The van der Waals surface area contributed by atoms with E-state index in [1.165, 1.54) is 5.56 Å². The number of aliphatic hydroxyl groups excluding tert-OH is 1. The molecule has 4 saturated heterocycles. The van der Waals surface area contributed by atoms with Gasteiger partial charge in [0.2, 0.25) is 0 Å². The number of aliphatic hydroxyl groups is 1. The number of benzene rings is 2. The van der Waals surface area contributed by atoms with E-state index in [-0.39, 0.29) is 73.2 Å². The highest BCUT2D eigenvalue weighted by Gasteiger charge is 2.47. The summed E-state index contributed by atoms with van der Waals surface area (Å²) in [7, 11) is 0. The average molecular weight is 811 g/mol. The summed E-state index contributed by atoms with van der Waals surface area (Å²) in [6.45, 7) is 30.6. The summed E-state index contributed by atoms with van der Waals surface area (Å²) in [5.74, 6) is 3.13. The first-order chi connectivity index (χ1) is 27.6. The Morgan fingerprint density at radius 2 is 0.776 bits per heavy atom. The molecule has 9 heteroatoms. The van der Waals surface area contributed by atoms with Gasteiger partial charge in [-0.25, -0.2) is 0 Å². The highest BCUT2D eigenvalue weighted by atomic mass is 16.7. The smallest absolute Gasteiger partial charge is 0.161 e. The van der Waals surface area contributed by atoms with Crippen molar-refractivity contribution in [3.05, 3.63) is 71.8 Å². The third-order valence-electron chi connectivity index (χ3n) is 14.8. The first-order valence-corrected chi connectivity index (χ1v) is 22.4. The molecule has 0 aliphatic carbocycles. The van der Waals surface area contributed by atoms with Gasteiger partial charge in [-0.15, -0.1) is 0 Å². The Labute approximate surface area is 351 Å². The van der Waals surface area contributed by atoms with Crippen molar-refractivity contribution in [2.45, 2.75) is 171 Å². The lowest BCUT2D eigenvalue weighted by molar-refractivity contribution is -0.307. The maximum atomic E-state index is 10.7. The Balaban J connectivity index is 0.000000221. The molecule has 0 saturated carbocycles. The summed E-state index contributed by atoms with van der Waals surface area (Å²) in [6.07, 6.45) is -1.14. The van der Waals surface area contributed by atoms with Crippen molar-refractivity contribution in [1.29, 1.82) is 0 Å². The molecular weight excluding hydrogens is 733 g/mol. The highest BCUT2D eigenvalue weighted by Crippen LogP contribution is 2.41. The molecule has 2 aromatic rings. The van der Waals surface area contributed by atoms with E-state index in [9.17, 15) is 5.11 Å². The summed E-state index contributed by atoms with van der Waals surface area (Å²) < 4.78 is 49.9. The van der Waals surface area contributed by atoms with Gasteiger partial charge in [-0.3, -0.25) is 0 Å². The predicted octanol–water partition coefficient (Wildman–Crippen LogP) is 9.33. The molecule has 0 amide bonds. The molecule has 2 aromatic carbocycles. The lowest BCUT2D eigenvalue weighted by Gasteiger charge is -2.48. The minimum atomic E-state index is -0.653. The summed E-state index contributed by atoms with van der Waals surface area (Å²) in [4.78, 5) is 0. The van der Waals surface area contributed by atoms with Gasteiger partial charge in [0.1, 0.15) is 6.10 Å². The fraction of sp³-hybridized carbons (Fsp3) is 0.755. The molecule has 4 fully saturated rings. The minimum Gasteiger partial charge on any atom is -0.388 e. The van der Waals surface area contributed by atoms with Crippen LogP contribution in [-0.4, -0.2) is 85.8 Å². The first kappa shape index (κ1) is 47.1. The van der Waals surface area contributed by atoms with Crippen LogP contribution in [0.5, 0.6) is 0 Å². The lowest BCUT2D eigenvalue weighted by atomic mass is 9.78. The largest absolute Gasteiger partial charge is 0.388 e. The summed E-state index contributed by atoms with van der Waals surface area (Å²) in [5.41, 5.74) is 2.35. The van der Waals surface area contributed by atoms with E-state index in [0.29, 0.717) is 67.9 Å². The average Bonchev–Trinajstić information content (AvgIpc) is 3.21. The number of rotatable bonds is 12. The third kappa shape index (κ3) is 11.7. The van der Waals surface area contributed by atoms with Crippen molar-refractivity contribution in [2.75, 3.05) is 13.2 Å². The predicted molar refractivity (Wildman–Crippen MR) is 228 cm³/mol. The van der Waals surface area contributed by atoms with Crippen LogP contribution in [0.2, 0.25) is 0 Å². The van der Waals surface area contributed by atoms with Crippen molar-refractivity contribution in [3.63, 3.8) is 0 Å². The van der Waals surface area contributed by atoms with Crippen LogP contribution in [0.4, 0.5) is 0 Å². The summed E-state index contributed by atoms with van der Waals surface area (Å²) in [5, 5.41) is 10.7. The van der Waals surface area contributed by atoms with Crippen LogP contribution in [0.1, 0.15) is 101 Å². The molecule has 6 rings (SSSR count). The number of hydrogen-bond donors (Lipinski definition) is 1. The second-order valence-corrected chi connectivity index (χ2v) is 18.6. The van der Waals surface area contributed by atoms with Gasteiger partial charge in [0.25, 0.3) is 0 Å². The minimum absolute atomic E-state index is 0.0305. The van der Waals surface area contributed by atoms with Crippen LogP contribution in [-0.2, 0) is 51.1 Å². The SMILES string of the molecule is CC1C(C)[C@H](C)[C@H](COCc2ccccc2)O[C@@H]1OC1C(C)[C@H](C)OC(C)[C@@H]1C.CC1C(C)[C@H](C)[C@H](COCc2ccccc2)O[C@@H]1O[C@@H]1C(O)[C@H](C)OC(C)[C@@H]1C. The van der Waals surface area contributed by atoms with Gasteiger partial charge < -0.3 is 43.0 Å². The van der Waals surface area contributed by atoms with E-state index in [4.69, 9.17) is 37.9 Å². The van der Waals surface area contributed by atoms with Crippen molar-refractivity contribution >= 4 is 0 Å². The zero-order valence-electron chi connectivity index (χ0n) is 37.9. The van der Waals surface area contributed by atoms with Gasteiger partial charge in [0.05, 0.1) is 75.3 Å². The van der Waals surface area contributed by atoms with Crippen LogP contribution in [0.25, 0.3) is 0 Å². The molecule has 9 nitrogen and oxygen atoms in total. The molecule has 0 aromatic heterocycles. The van der Waals surface area contributed by atoms with E-state index in [1.54, 1.807) is 0 Å². The molecule has 58 heavy (non-hydrogen) atoms. The molecule has 0 radical (unpaired) electrons. The monoisotopic (exact) mass is 811 g/mol. The molecule has 1 N–H and O–H groups in total. The summed E-state index contributed by atoms with van der Waals surface area (Å²) in [6, 6.07) is 20.5. The van der Waals surface area contributed by atoms with Crippen LogP contribution in [0, 0.1) is 53.3 Å². The fourth-order valence-electron chi connectivity index (χ4n) is 9.15. The molecule has 0 spiro atoms. The standard InChI is InChI=1S/C25H40O4.C24H38O5/c1-15-16(2)23(14-26-13-22-11-9-8-10-12-22)28-25(17(15)3)29-24-18(4)20(6)27-21(7)19(24)5;1-14-15(2)21(13-26-12-20-10-8-7-9-11-20)28-24(16(14)3)29-23-17(4)18(5)27-19(6)22(23)25/h8-12,15-21,23-25H,13-14H2,1-7H3;7-11,14-19,21-25H,12-13H2,1-6H3/t15?,16-,17?,18-,19?,20?,21-,23-,24?,25+;14?,15-,16?,17-,18?,19-,21-,22?,23-,24+/m00/s1. The van der Waals surface area contributed by atoms with Gasteiger partial charge in [0.15, 0.2) is 12.6 Å². The van der Waals surface area contributed by atoms with Gasteiger partial charge >= 0.3 is 0 Å². The van der Waals surface area contributed by atoms with E-state index >= 15 is 0 Å². The maximum Gasteiger partial charge on any atom is 0.161 e. The third-order valence-corrected chi connectivity index (χ3v) is 14.8. The first-order valence-electron chi connectivity index (χ1n) is 22.4. The molecule has 328 valence electrons. The maximum absolute atomic E-state index is 10.7. The lowest BCUT2D eigenvalue weighted by Crippen LogP contribution is -2.56.